The standard InChI is InChI=1S/C48H92O4/c1-4-7-10-13-16-19-22-23-24-25-26-27-28-29-30-33-36-39-42-46(48(50)52-44-41-38-35-32-21-18-15-12-9-6-3)45-47(49)51-43-40-37-34-31-20-17-14-11-8-5-2/h30,33,46H,4-29,31-32,34-45H2,1-3H3/b33-30+. The minimum absolute atomic E-state index is 0.150. The number of unbranched alkanes of at least 4 members (excludes halogenated alkanes) is 32. The summed E-state index contributed by atoms with van der Waals surface area (Å²) >= 11 is 0. The van der Waals surface area contributed by atoms with E-state index >= 15 is 0 Å². The van der Waals surface area contributed by atoms with Crippen LogP contribution in [0.1, 0.15) is 265 Å². The summed E-state index contributed by atoms with van der Waals surface area (Å²) in [5.74, 6) is -0.838. The van der Waals surface area contributed by atoms with Gasteiger partial charge in [0.1, 0.15) is 0 Å². The molecule has 52 heavy (non-hydrogen) atoms. The Kier molecular flexibility index (Phi) is 43.0. The third-order valence-corrected chi connectivity index (χ3v) is 10.8. The fraction of sp³-hybridized carbons (Fsp3) is 0.917. The van der Waals surface area contributed by atoms with Crippen molar-refractivity contribution >= 4 is 11.9 Å². The molecule has 1 unspecified atom stereocenters. The molecule has 4 heteroatoms. The molecule has 4 nitrogen and oxygen atoms in total. The molecule has 0 rings (SSSR count). The molecular weight excluding hydrogens is 641 g/mol. The Bertz CT molecular complexity index is 747. The first-order valence-electron chi connectivity index (χ1n) is 23.6. The maximum atomic E-state index is 13.1. The number of allylic oxidation sites excluding steroid dienone is 2. The fourth-order valence-electron chi connectivity index (χ4n) is 7.22. The molecule has 0 saturated heterocycles. The topological polar surface area (TPSA) is 52.6 Å². The Balaban J connectivity index is 4.23. The first kappa shape index (κ1) is 50.7. The Morgan fingerprint density at radius 3 is 1.08 bits per heavy atom. The molecule has 0 spiro atoms. The van der Waals surface area contributed by atoms with E-state index < -0.39 is 5.92 Å². The van der Waals surface area contributed by atoms with Gasteiger partial charge in [0, 0.05) is 0 Å². The van der Waals surface area contributed by atoms with Gasteiger partial charge in [-0.2, -0.15) is 0 Å². The molecule has 0 aromatic carbocycles. The maximum absolute atomic E-state index is 13.1. The lowest BCUT2D eigenvalue weighted by Gasteiger charge is -2.15. The number of rotatable bonds is 43. The Morgan fingerprint density at radius 1 is 0.385 bits per heavy atom. The number of carbonyl (C=O) groups is 2. The predicted molar refractivity (Wildman–Crippen MR) is 227 cm³/mol. The van der Waals surface area contributed by atoms with Gasteiger partial charge in [-0.15, -0.1) is 0 Å². The van der Waals surface area contributed by atoms with Gasteiger partial charge >= 0.3 is 11.9 Å². The van der Waals surface area contributed by atoms with Crippen LogP contribution in [0, 0.1) is 5.92 Å². The van der Waals surface area contributed by atoms with Crippen molar-refractivity contribution in [3.05, 3.63) is 12.2 Å². The summed E-state index contributed by atoms with van der Waals surface area (Å²) in [5.41, 5.74) is 0. The lowest BCUT2D eigenvalue weighted by molar-refractivity contribution is -0.155. The van der Waals surface area contributed by atoms with Gasteiger partial charge in [-0.25, -0.2) is 0 Å². The summed E-state index contributed by atoms with van der Waals surface area (Å²) in [4.78, 5) is 25.8. The van der Waals surface area contributed by atoms with Crippen molar-refractivity contribution in [3.63, 3.8) is 0 Å². The van der Waals surface area contributed by atoms with Crippen molar-refractivity contribution in [2.24, 2.45) is 5.92 Å². The molecule has 0 amide bonds. The monoisotopic (exact) mass is 733 g/mol. The molecule has 0 radical (unpaired) electrons. The molecule has 308 valence electrons. The maximum Gasteiger partial charge on any atom is 0.309 e. The van der Waals surface area contributed by atoms with Crippen molar-refractivity contribution in [1.82, 2.24) is 0 Å². The van der Waals surface area contributed by atoms with Crippen LogP contribution in [-0.4, -0.2) is 25.2 Å². The summed E-state index contributed by atoms with van der Waals surface area (Å²) in [7, 11) is 0. The van der Waals surface area contributed by atoms with Crippen molar-refractivity contribution in [2.75, 3.05) is 13.2 Å². The lowest BCUT2D eigenvalue weighted by atomic mass is 9.98. The summed E-state index contributed by atoms with van der Waals surface area (Å²) in [6.45, 7) is 7.76. The number of hydrogen-bond donors (Lipinski definition) is 0. The molecule has 0 N–H and O–H groups in total. The van der Waals surface area contributed by atoms with Crippen LogP contribution in [0.4, 0.5) is 0 Å². The Hall–Kier alpha value is -1.32. The van der Waals surface area contributed by atoms with E-state index in [0.29, 0.717) is 19.6 Å². The molecule has 1 atom stereocenters. The average Bonchev–Trinajstić information content (AvgIpc) is 3.14. The molecule has 0 fully saturated rings. The molecular formula is C48H92O4. The van der Waals surface area contributed by atoms with E-state index in [0.717, 1.165) is 44.9 Å². The van der Waals surface area contributed by atoms with Gasteiger partial charge in [0.25, 0.3) is 0 Å². The summed E-state index contributed by atoms with van der Waals surface area (Å²) in [6, 6.07) is 0. The molecule has 0 aliphatic rings. The van der Waals surface area contributed by atoms with Gasteiger partial charge < -0.3 is 9.47 Å². The summed E-state index contributed by atoms with van der Waals surface area (Å²) < 4.78 is 11.3. The minimum atomic E-state index is -0.391. The Morgan fingerprint density at radius 2 is 0.692 bits per heavy atom. The molecule has 0 aliphatic carbocycles. The van der Waals surface area contributed by atoms with Crippen molar-refractivity contribution in [2.45, 2.75) is 265 Å². The lowest BCUT2D eigenvalue weighted by Crippen LogP contribution is -2.23. The molecule has 0 saturated carbocycles. The van der Waals surface area contributed by atoms with Crippen LogP contribution in [0.2, 0.25) is 0 Å². The van der Waals surface area contributed by atoms with Gasteiger partial charge in [-0.05, 0) is 44.9 Å². The van der Waals surface area contributed by atoms with Gasteiger partial charge in [0.15, 0.2) is 0 Å². The number of ether oxygens (including phenoxy) is 2. The van der Waals surface area contributed by atoms with E-state index in [9.17, 15) is 9.59 Å². The largest absolute Gasteiger partial charge is 0.466 e. The normalized spacial score (nSPS) is 12.1. The smallest absolute Gasteiger partial charge is 0.309 e. The highest BCUT2D eigenvalue weighted by Gasteiger charge is 2.23. The predicted octanol–water partition coefficient (Wildman–Crippen LogP) is 16.1. The van der Waals surface area contributed by atoms with Crippen LogP contribution in [0.25, 0.3) is 0 Å². The van der Waals surface area contributed by atoms with Gasteiger partial charge in [0.2, 0.25) is 0 Å². The van der Waals surface area contributed by atoms with Crippen LogP contribution in [-0.2, 0) is 19.1 Å². The van der Waals surface area contributed by atoms with Crippen molar-refractivity contribution < 1.29 is 19.1 Å². The van der Waals surface area contributed by atoms with Crippen molar-refractivity contribution in [1.29, 1.82) is 0 Å². The zero-order valence-corrected chi connectivity index (χ0v) is 35.6. The van der Waals surface area contributed by atoms with Crippen LogP contribution < -0.4 is 0 Å². The molecule has 0 aromatic heterocycles. The van der Waals surface area contributed by atoms with Crippen LogP contribution in [0.3, 0.4) is 0 Å². The second kappa shape index (κ2) is 44.1. The van der Waals surface area contributed by atoms with Crippen LogP contribution in [0.5, 0.6) is 0 Å². The number of hydrogen-bond acceptors (Lipinski definition) is 4. The molecule has 0 heterocycles. The quantitative estimate of drug-likeness (QED) is 0.0356. The second-order valence-electron chi connectivity index (χ2n) is 16.1. The average molecular weight is 733 g/mol. The van der Waals surface area contributed by atoms with E-state index in [1.54, 1.807) is 0 Å². The SMILES string of the molecule is CCCCCCCCCCCCCCC/C=C/CCCC(CC(=O)OCCCCCCCCCCCC)C(=O)OCCCCCCCCCCCC. The number of carbonyl (C=O) groups excluding carboxylic acids is 2. The fourth-order valence-corrected chi connectivity index (χ4v) is 7.22. The highest BCUT2D eigenvalue weighted by molar-refractivity contribution is 5.79. The first-order valence-corrected chi connectivity index (χ1v) is 23.6. The summed E-state index contributed by atoms with van der Waals surface area (Å²) in [5, 5.41) is 0. The highest BCUT2D eigenvalue weighted by atomic mass is 16.5. The van der Waals surface area contributed by atoms with E-state index in [1.165, 1.54) is 186 Å². The number of esters is 2. The first-order chi connectivity index (χ1) is 25.7. The Labute approximate surface area is 326 Å². The van der Waals surface area contributed by atoms with Crippen LogP contribution in [0.15, 0.2) is 12.2 Å². The zero-order chi connectivity index (χ0) is 37.8. The van der Waals surface area contributed by atoms with E-state index in [4.69, 9.17) is 9.47 Å². The van der Waals surface area contributed by atoms with Crippen molar-refractivity contribution in [3.8, 4) is 0 Å². The van der Waals surface area contributed by atoms with Gasteiger partial charge in [-0.3, -0.25) is 9.59 Å². The van der Waals surface area contributed by atoms with Gasteiger partial charge in [-0.1, -0.05) is 226 Å². The van der Waals surface area contributed by atoms with E-state index in [2.05, 4.69) is 32.9 Å². The minimum Gasteiger partial charge on any atom is -0.466 e. The third-order valence-electron chi connectivity index (χ3n) is 10.8. The van der Waals surface area contributed by atoms with Crippen LogP contribution >= 0.6 is 0 Å². The highest BCUT2D eigenvalue weighted by Crippen LogP contribution is 2.19. The summed E-state index contributed by atoms with van der Waals surface area (Å²) in [6.07, 6.45) is 51.7. The molecule has 0 aliphatic heterocycles. The zero-order valence-electron chi connectivity index (χ0n) is 35.6. The van der Waals surface area contributed by atoms with E-state index in [-0.39, 0.29) is 18.4 Å². The molecule has 0 aromatic rings. The molecule has 0 bridgehead atoms. The third kappa shape index (κ3) is 39.9. The van der Waals surface area contributed by atoms with E-state index in [1.807, 2.05) is 0 Å². The second-order valence-corrected chi connectivity index (χ2v) is 16.1. The van der Waals surface area contributed by atoms with Gasteiger partial charge in [0.05, 0.1) is 25.6 Å².